The van der Waals surface area contributed by atoms with Gasteiger partial charge in [-0.05, 0) is 14.0 Å². The van der Waals surface area contributed by atoms with Gasteiger partial charge in [-0.3, -0.25) is 5.32 Å². The molecule has 1 nitrogen and oxygen atoms in total. The highest BCUT2D eigenvalue weighted by Crippen LogP contribution is 2.12. The van der Waals surface area contributed by atoms with Crippen molar-refractivity contribution in [2.45, 2.75) is 11.4 Å². The summed E-state index contributed by atoms with van der Waals surface area (Å²) in [6.07, 6.45) is 0. The Balaban J connectivity index is 0. The Morgan fingerprint density at radius 3 is 1.57 bits per heavy atom. The molecule has 0 fully saturated rings. The molecule has 0 saturated heterocycles. The zero-order valence-corrected chi connectivity index (χ0v) is 6.49. The molecule has 0 aromatic rings. The zero-order chi connectivity index (χ0) is 5.21. The van der Waals surface area contributed by atoms with E-state index in [1.54, 1.807) is 14.0 Å². The lowest BCUT2D eigenvalue weighted by atomic mass is 10.7. The predicted molar refractivity (Wildman–Crippen MR) is 36.4 cm³/mol. The second-order valence-corrected chi connectivity index (χ2v) is 2.84. The molecule has 0 bridgehead atoms. The van der Waals surface area contributed by atoms with E-state index in [2.05, 4.69) is 5.32 Å². The topological polar surface area (TPSA) is 12.0 Å². The van der Waals surface area contributed by atoms with Crippen molar-refractivity contribution in [3.8, 4) is 0 Å². The van der Waals surface area contributed by atoms with Crippen LogP contribution in [0.3, 0.4) is 0 Å². The Morgan fingerprint density at radius 2 is 1.57 bits per heavy atom. The minimum Gasteiger partial charge on any atom is -0.290 e. The van der Waals surface area contributed by atoms with Crippen LogP contribution in [0.2, 0.25) is 0 Å². The van der Waals surface area contributed by atoms with Gasteiger partial charge in [0.1, 0.15) is 0 Å². The number of halogens is 3. The summed E-state index contributed by atoms with van der Waals surface area (Å²) in [5, 5.41) is 2.64. The van der Waals surface area contributed by atoms with E-state index in [-0.39, 0.29) is 12.4 Å². The van der Waals surface area contributed by atoms with Crippen molar-refractivity contribution in [3.05, 3.63) is 0 Å². The highest BCUT2D eigenvalue weighted by molar-refractivity contribution is 6.47. The Hall–Kier alpha value is 0.830. The van der Waals surface area contributed by atoms with Crippen LogP contribution in [0.5, 0.6) is 0 Å². The van der Waals surface area contributed by atoms with Crippen LogP contribution in [0, 0.1) is 0 Å². The molecule has 0 saturated carbocycles. The van der Waals surface area contributed by atoms with Crippen LogP contribution < -0.4 is 5.32 Å². The summed E-state index contributed by atoms with van der Waals surface area (Å²) < 4.78 is -0.764. The second kappa shape index (κ2) is 3.79. The van der Waals surface area contributed by atoms with Crippen molar-refractivity contribution in [1.29, 1.82) is 0 Å². The maximum absolute atomic E-state index is 5.37. The molecule has 46 valence electrons. The lowest BCUT2D eigenvalue weighted by Gasteiger charge is -2.08. The minimum atomic E-state index is -0.764. The number of rotatable bonds is 1. The lowest BCUT2D eigenvalue weighted by Crippen LogP contribution is -2.25. The molecule has 0 spiro atoms. The fraction of sp³-hybridized carbons (Fsp3) is 1.00. The molecule has 0 radical (unpaired) electrons. The van der Waals surface area contributed by atoms with E-state index < -0.39 is 4.46 Å². The van der Waals surface area contributed by atoms with Gasteiger partial charge in [-0.2, -0.15) is 0 Å². The molecule has 7 heavy (non-hydrogen) atoms. The van der Waals surface area contributed by atoms with E-state index >= 15 is 0 Å². The van der Waals surface area contributed by atoms with Crippen molar-refractivity contribution < 1.29 is 0 Å². The van der Waals surface area contributed by atoms with Gasteiger partial charge in [-0.1, -0.05) is 23.2 Å². The summed E-state index contributed by atoms with van der Waals surface area (Å²) in [5.74, 6) is 0. The first-order valence-corrected chi connectivity index (χ1v) is 2.38. The van der Waals surface area contributed by atoms with Crippen molar-refractivity contribution >= 4 is 35.6 Å². The molecule has 0 amide bonds. The summed E-state index contributed by atoms with van der Waals surface area (Å²) in [4.78, 5) is 0. The predicted octanol–water partition coefficient (Wildman–Crippen LogP) is 1.78. The number of nitrogens with one attached hydrogen (secondary N) is 1. The SMILES string of the molecule is CNC(C)(Cl)Cl.Cl. The molecule has 0 heterocycles. The van der Waals surface area contributed by atoms with Crippen molar-refractivity contribution in [1.82, 2.24) is 5.32 Å². The molecule has 0 rings (SSSR count). The van der Waals surface area contributed by atoms with Crippen LogP contribution >= 0.6 is 35.6 Å². The third-order valence-corrected chi connectivity index (χ3v) is 0.817. The quantitative estimate of drug-likeness (QED) is 0.460. The number of alkyl halides is 2. The monoisotopic (exact) mass is 163 g/mol. The Kier molecular flexibility index (Phi) is 5.81. The first-order valence-electron chi connectivity index (χ1n) is 1.63. The number of hydrogen-bond acceptors (Lipinski definition) is 1. The van der Waals surface area contributed by atoms with Gasteiger partial charge >= 0.3 is 0 Å². The molecular weight excluding hydrogens is 156 g/mol. The van der Waals surface area contributed by atoms with Crippen LogP contribution in [-0.2, 0) is 0 Å². The normalized spacial score (nSPS) is 10.3. The summed E-state index contributed by atoms with van der Waals surface area (Å²) in [7, 11) is 1.69. The second-order valence-electron chi connectivity index (χ2n) is 1.14. The van der Waals surface area contributed by atoms with Crippen molar-refractivity contribution in [2.24, 2.45) is 0 Å². The summed E-state index contributed by atoms with van der Waals surface area (Å²) in [6, 6.07) is 0. The van der Waals surface area contributed by atoms with Gasteiger partial charge < -0.3 is 0 Å². The molecule has 0 aromatic heterocycles. The maximum Gasteiger partial charge on any atom is 0.165 e. The minimum absolute atomic E-state index is 0. The van der Waals surface area contributed by atoms with Crippen molar-refractivity contribution in [2.75, 3.05) is 7.05 Å². The maximum atomic E-state index is 5.37. The molecular formula is C3H8Cl3N. The van der Waals surface area contributed by atoms with Gasteiger partial charge in [0.15, 0.2) is 4.46 Å². The molecule has 0 unspecified atom stereocenters. The average molecular weight is 164 g/mol. The molecule has 0 aromatic carbocycles. The van der Waals surface area contributed by atoms with Crippen LogP contribution in [0.25, 0.3) is 0 Å². The fourth-order valence-electron chi connectivity index (χ4n) is 0. The van der Waals surface area contributed by atoms with Gasteiger partial charge in [-0.25, -0.2) is 0 Å². The highest BCUT2D eigenvalue weighted by Gasteiger charge is 2.09. The Bertz CT molecular complexity index is 39.9. The van der Waals surface area contributed by atoms with Gasteiger partial charge in [0.05, 0.1) is 0 Å². The van der Waals surface area contributed by atoms with E-state index in [1.807, 2.05) is 0 Å². The molecule has 1 N–H and O–H groups in total. The van der Waals surface area contributed by atoms with E-state index in [0.29, 0.717) is 0 Å². The number of hydrogen-bond donors (Lipinski definition) is 1. The zero-order valence-electron chi connectivity index (χ0n) is 4.16. The molecule has 0 atom stereocenters. The van der Waals surface area contributed by atoms with Gasteiger partial charge in [0.25, 0.3) is 0 Å². The van der Waals surface area contributed by atoms with Crippen LogP contribution in [0.15, 0.2) is 0 Å². The fourth-order valence-corrected chi connectivity index (χ4v) is 0. The van der Waals surface area contributed by atoms with Crippen molar-refractivity contribution in [3.63, 3.8) is 0 Å². The standard InChI is InChI=1S/C3H7Cl2N.ClH/c1-3(4,5)6-2;/h6H,1-2H3;1H. The first-order chi connectivity index (χ1) is 2.56. The average Bonchev–Trinajstić information content (AvgIpc) is 1.35. The summed E-state index contributed by atoms with van der Waals surface area (Å²) in [5.41, 5.74) is 0. The van der Waals surface area contributed by atoms with E-state index in [9.17, 15) is 0 Å². The Morgan fingerprint density at radius 1 is 1.43 bits per heavy atom. The Labute approximate surface area is 59.8 Å². The van der Waals surface area contributed by atoms with Gasteiger partial charge in [-0.15, -0.1) is 12.4 Å². The van der Waals surface area contributed by atoms with E-state index in [0.717, 1.165) is 0 Å². The van der Waals surface area contributed by atoms with Crippen LogP contribution in [-0.4, -0.2) is 11.5 Å². The third kappa shape index (κ3) is 10.9. The van der Waals surface area contributed by atoms with Gasteiger partial charge in [0, 0.05) is 0 Å². The van der Waals surface area contributed by atoms with E-state index in [4.69, 9.17) is 23.2 Å². The molecule has 0 aliphatic heterocycles. The van der Waals surface area contributed by atoms with Gasteiger partial charge in [0.2, 0.25) is 0 Å². The third-order valence-electron chi connectivity index (χ3n) is 0.439. The molecule has 0 aliphatic carbocycles. The molecule has 0 aliphatic rings. The lowest BCUT2D eigenvalue weighted by molar-refractivity contribution is 0.728. The van der Waals surface area contributed by atoms with Crippen LogP contribution in [0.1, 0.15) is 6.92 Å². The summed E-state index contributed by atoms with van der Waals surface area (Å²) in [6.45, 7) is 1.66. The largest absolute Gasteiger partial charge is 0.290 e. The highest BCUT2D eigenvalue weighted by atomic mass is 35.5. The van der Waals surface area contributed by atoms with Crippen LogP contribution in [0.4, 0.5) is 0 Å². The smallest absolute Gasteiger partial charge is 0.165 e. The first kappa shape index (κ1) is 10.7. The summed E-state index contributed by atoms with van der Waals surface area (Å²) >= 11 is 10.7. The molecule has 4 heteroatoms. The van der Waals surface area contributed by atoms with E-state index in [1.165, 1.54) is 0 Å².